The number of hydrogen-bond acceptors (Lipinski definition) is 3. The molecule has 0 saturated heterocycles. The van der Waals surface area contributed by atoms with Gasteiger partial charge in [-0.1, -0.05) is 34.8 Å². The Labute approximate surface area is 115 Å². The fraction of sp³-hybridized carbons (Fsp3) is 0.545. The van der Waals surface area contributed by atoms with Crippen LogP contribution in [0.4, 0.5) is 5.82 Å². The van der Waals surface area contributed by atoms with Gasteiger partial charge in [0.1, 0.15) is 11.0 Å². The van der Waals surface area contributed by atoms with Crippen molar-refractivity contribution in [2.75, 3.05) is 11.9 Å². The van der Waals surface area contributed by atoms with Crippen LogP contribution in [0.2, 0.25) is 15.2 Å². The molecule has 1 aromatic heterocycles. The van der Waals surface area contributed by atoms with Crippen LogP contribution in [0.15, 0.2) is 6.07 Å². The average Bonchev–Trinajstić information content (AvgIpc) is 2.68. The number of aliphatic hydroxyl groups is 1. The normalized spacial score (nSPS) is 24.0. The molecule has 1 heterocycles. The van der Waals surface area contributed by atoms with Gasteiger partial charge >= 0.3 is 0 Å². The van der Waals surface area contributed by atoms with E-state index in [9.17, 15) is 5.11 Å². The van der Waals surface area contributed by atoms with E-state index in [1.807, 2.05) is 0 Å². The summed E-state index contributed by atoms with van der Waals surface area (Å²) < 4.78 is 0. The zero-order chi connectivity index (χ0) is 12.4. The van der Waals surface area contributed by atoms with Crippen molar-refractivity contribution >= 4 is 40.6 Å². The molecule has 0 amide bonds. The van der Waals surface area contributed by atoms with E-state index in [1.54, 1.807) is 6.07 Å². The Kier molecular flexibility index (Phi) is 4.36. The first kappa shape index (κ1) is 13.2. The van der Waals surface area contributed by atoms with Crippen LogP contribution in [-0.4, -0.2) is 22.7 Å². The van der Waals surface area contributed by atoms with E-state index in [2.05, 4.69) is 10.3 Å². The summed E-state index contributed by atoms with van der Waals surface area (Å²) in [6.45, 7) is 0.738. The van der Waals surface area contributed by atoms with Crippen LogP contribution < -0.4 is 5.32 Å². The second-order valence-electron chi connectivity index (χ2n) is 4.31. The predicted molar refractivity (Wildman–Crippen MR) is 71.1 cm³/mol. The van der Waals surface area contributed by atoms with Gasteiger partial charge < -0.3 is 10.4 Å². The molecule has 94 valence electrons. The van der Waals surface area contributed by atoms with Gasteiger partial charge in [-0.2, -0.15) is 0 Å². The monoisotopic (exact) mass is 294 g/mol. The van der Waals surface area contributed by atoms with Crippen LogP contribution in [0.3, 0.4) is 0 Å². The molecule has 1 fully saturated rings. The summed E-state index contributed by atoms with van der Waals surface area (Å²) in [5.41, 5.74) is 0. The van der Waals surface area contributed by atoms with Crippen LogP contribution in [0.25, 0.3) is 0 Å². The summed E-state index contributed by atoms with van der Waals surface area (Å²) in [6.07, 6.45) is 2.55. The van der Waals surface area contributed by atoms with Crippen LogP contribution >= 0.6 is 34.8 Å². The van der Waals surface area contributed by atoms with E-state index < -0.39 is 0 Å². The molecule has 2 N–H and O–H groups in total. The Hall–Kier alpha value is -0.220. The second kappa shape index (κ2) is 5.61. The minimum Gasteiger partial charge on any atom is -0.393 e. The SMILES string of the molecule is OC1CCC(CNc2nc(Cl)c(Cl)cc2Cl)C1. The molecule has 0 spiro atoms. The average molecular weight is 296 g/mol. The minimum absolute atomic E-state index is 0.168. The maximum Gasteiger partial charge on any atom is 0.150 e. The maximum absolute atomic E-state index is 9.42. The molecule has 2 unspecified atom stereocenters. The molecule has 0 bridgehead atoms. The van der Waals surface area contributed by atoms with Crippen molar-refractivity contribution in [2.45, 2.75) is 25.4 Å². The molecule has 2 rings (SSSR count). The van der Waals surface area contributed by atoms with Crippen LogP contribution in [0.1, 0.15) is 19.3 Å². The van der Waals surface area contributed by atoms with Gasteiger partial charge in [0.15, 0.2) is 0 Å². The van der Waals surface area contributed by atoms with Crippen molar-refractivity contribution < 1.29 is 5.11 Å². The van der Waals surface area contributed by atoms with E-state index in [4.69, 9.17) is 34.8 Å². The Morgan fingerprint density at radius 2 is 2.06 bits per heavy atom. The molecule has 1 aliphatic rings. The summed E-state index contributed by atoms with van der Waals surface area (Å²) in [5, 5.41) is 13.6. The van der Waals surface area contributed by atoms with E-state index >= 15 is 0 Å². The van der Waals surface area contributed by atoms with Gasteiger partial charge in [0.25, 0.3) is 0 Å². The molecule has 0 radical (unpaired) electrons. The van der Waals surface area contributed by atoms with Gasteiger partial charge in [0.2, 0.25) is 0 Å². The molecule has 0 aliphatic heterocycles. The second-order valence-corrected chi connectivity index (χ2v) is 5.48. The lowest BCUT2D eigenvalue weighted by Crippen LogP contribution is -2.13. The Bertz CT molecular complexity index is 414. The molecule has 3 nitrogen and oxygen atoms in total. The van der Waals surface area contributed by atoms with Crippen molar-refractivity contribution in [3.8, 4) is 0 Å². The number of aliphatic hydroxyl groups excluding tert-OH is 1. The predicted octanol–water partition coefficient (Wildman–Crippen LogP) is 3.61. The fourth-order valence-electron chi connectivity index (χ4n) is 2.04. The third kappa shape index (κ3) is 3.38. The standard InChI is InChI=1S/C11H13Cl3N2O/c12-8-4-9(13)11(16-10(8)14)15-5-6-1-2-7(17)3-6/h4,6-7,17H,1-3,5H2,(H,15,16). The van der Waals surface area contributed by atoms with Gasteiger partial charge in [0.05, 0.1) is 16.1 Å². The number of hydrogen-bond donors (Lipinski definition) is 2. The lowest BCUT2D eigenvalue weighted by molar-refractivity contribution is 0.178. The highest BCUT2D eigenvalue weighted by Gasteiger charge is 2.22. The minimum atomic E-state index is -0.168. The molecule has 2 atom stereocenters. The number of aromatic nitrogens is 1. The van der Waals surface area contributed by atoms with Crippen molar-refractivity contribution in [3.05, 3.63) is 21.3 Å². The number of nitrogens with zero attached hydrogens (tertiary/aromatic N) is 1. The summed E-state index contributed by atoms with van der Waals surface area (Å²) >= 11 is 17.6. The topological polar surface area (TPSA) is 45.1 Å². The van der Waals surface area contributed by atoms with E-state index in [-0.39, 0.29) is 11.3 Å². The maximum atomic E-state index is 9.42. The molecular weight excluding hydrogens is 282 g/mol. The van der Waals surface area contributed by atoms with Gasteiger partial charge in [-0.05, 0) is 31.2 Å². The number of anilines is 1. The van der Waals surface area contributed by atoms with E-state index in [0.29, 0.717) is 21.8 Å². The largest absolute Gasteiger partial charge is 0.393 e. The highest BCUT2D eigenvalue weighted by Crippen LogP contribution is 2.30. The molecular formula is C11H13Cl3N2O. The first-order chi connectivity index (χ1) is 8.06. The third-order valence-corrected chi connectivity index (χ3v) is 3.92. The summed E-state index contributed by atoms with van der Waals surface area (Å²) in [6, 6.07) is 1.57. The van der Waals surface area contributed by atoms with E-state index in [0.717, 1.165) is 25.8 Å². The van der Waals surface area contributed by atoms with Crippen molar-refractivity contribution in [2.24, 2.45) is 5.92 Å². The van der Waals surface area contributed by atoms with Crippen molar-refractivity contribution in [1.82, 2.24) is 4.98 Å². The highest BCUT2D eigenvalue weighted by molar-refractivity contribution is 6.42. The first-order valence-electron chi connectivity index (χ1n) is 5.49. The van der Waals surface area contributed by atoms with Gasteiger partial charge in [-0.15, -0.1) is 0 Å². The summed E-state index contributed by atoms with van der Waals surface area (Å²) in [5.74, 6) is 1.000. The van der Waals surface area contributed by atoms with Gasteiger partial charge in [-0.25, -0.2) is 4.98 Å². The third-order valence-electron chi connectivity index (χ3n) is 2.96. The lowest BCUT2D eigenvalue weighted by Gasteiger charge is -2.12. The van der Waals surface area contributed by atoms with Crippen LogP contribution in [-0.2, 0) is 0 Å². The molecule has 1 saturated carbocycles. The molecule has 17 heavy (non-hydrogen) atoms. The summed E-state index contributed by atoms with van der Waals surface area (Å²) in [7, 11) is 0. The van der Waals surface area contributed by atoms with Crippen molar-refractivity contribution in [3.63, 3.8) is 0 Å². The molecule has 0 aromatic carbocycles. The number of halogens is 3. The van der Waals surface area contributed by atoms with Crippen LogP contribution in [0, 0.1) is 5.92 Å². The van der Waals surface area contributed by atoms with E-state index in [1.165, 1.54) is 0 Å². The number of pyridine rings is 1. The van der Waals surface area contributed by atoms with Gasteiger partial charge in [0, 0.05) is 6.54 Å². The summed E-state index contributed by atoms with van der Waals surface area (Å²) in [4.78, 5) is 4.08. The van der Waals surface area contributed by atoms with Gasteiger partial charge in [-0.3, -0.25) is 0 Å². The Morgan fingerprint density at radius 3 is 2.71 bits per heavy atom. The fourth-order valence-corrected chi connectivity index (χ4v) is 2.61. The Balaban J connectivity index is 1.97. The zero-order valence-corrected chi connectivity index (χ0v) is 11.4. The Morgan fingerprint density at radius 1 is 1.29 bits per heavy atom. The zero-order valence-electron chi connectivity index (χ0n) is 9.09. The lowest BCUT2D eigenvalue weighted by atomic mass is 10.1. The highest BCUT2D eigenvalue weighted by atomic mass is 35.5. The van der Waals surface area contributed by atoms with Crippen LogP contribution in [0.5, 0.6) is 0 Å². The number of nitrogens with one attached hydrogen (secondary N) is 1. The quantitative estimate of drug-likeness (QED) is 0.837. The molecule has 6 heteroatoms. The molecule has 1 aliphatic carbocycles. The molecule has 1 aromatic rings. The smallest absolute Gasteiger partial charge is 0.150 e. The van der Waals surface area contributed by atoms with Crippen molar-refractivity contribution in [1.29, 1.82) is 0 Å². The number of rotatable bonds is 3. The first-order valence-corrected chi connectivity index (χ1v) is 6.63.